The minimum absolute atomic E-state index is 0.000244. The summed E-state index contributed by atoms with van der Waals surface area (Å²) < 4.78 is 27.3. The van der Waals surface area contributed by atoms with E-state index in [1.165, 1.54) is 0 Å². The molecule has 2 N–H and O–H groups in total. The van der Waals surface area contributed by atoms with E-state index in [0.717, 1.165) is 0 Å². The standard InChI is InChI=1S/C10H22BO6P/c1-7(2)10-8(6-9(11)16-10)17-18(13,14)15-5-3-4-12/h7-10,12H,3-6,11H2,1-2H3,(H,13,14). The van der Waals surface area contributed by atoms with Gasteiger partial charge in [-0.25, -0.2) is 4.57 Å². The van der Waals surface area contributed by atoms with Crippen molar-refractivity contribution in [3.05, 3.63) is 0 Å². The Balaban J connectivity index is 2.51. The monoisotopic (exact) mass is 280 g/mol. The first kappa shape index (κ1) is 16.2. The van der Waals surface area contributed by atoms with Gasteiger partial charge in [0.2, 0.25) is 0 Å². The summed E-state index contributed by atoms with van der Waals surface area (Å²) in [5.74, 6) is 0.206. The topological polar surface area (TPSA) is 85.2 Å². The Morgan fingerprint density at radius 3 is 2.78 bits per heavy atom. The fraction of sp³-hybridized carbons (Fsp3) is 1.00. The molecule has 0 aromatic rings. The summed E-state index contributed by atoms with van der Waals surface area (Å²) in [5.41, 5.74) is 0. The van der Waals surface area contributed by atoms with E-state index in [1.54, 1.807) is 0 Å². The highest BCUT2D eigenvalue weighted by molar-refractivity contribution is 7.47. The summed E-state index contributed by atoms with van der Waals surface area (Å²) in [4.78, 5) is 9.56. The van der Waals surface area contributed by atoms with Gasteiger partial charge in [-0.15, -0.1) is 0 Å². The van der Waals surface area contributed by atoms with E-state index in [-0.39, 0.29) is 31.2 Å². The maximum Gasteiger partial charge on any atom is 0.472 e. The SMILES string of the molecule is BC1CC(OP(=O)(O)OCCCO)C(C(C)C)O1. The Morgan fingerprint density at radius 2 is 2.22 bits per heavy atom. The molecule has 106 valence electrons. The lowest BCUT2D eigenvalue weighted by molar-refractivity contribution is -0.00179. The first-order valence-corrected chi connectivity index (χ1v) is 7.77. The zero-order valence-electron chi connectivity index (χ0n) is 11.1. The van der Waals surface area contributed by atoms with E-state index >= 15 is 0 Å². The van der Waals surface area contributed by atoms with Crippen LogP contribution in [0, 0.1) is 5.92 Å². The van der Waals surface area contributed by atoms with Crippen molar-refractivity contribution >= 4 is 15.7 Å². The molecule has 1 rings (SSSR count). The lowest BCUT2D eigenvalue weighted by atomic mass is 9.94. The highest BCUT2D eigenvalue weighted by atomic mass is 31.2. The predicted octanol–water partition coefficient (Wildman–Crippen LogP) is 0.275. The molecular weight excluding hydrogens is 258 g/mol. The molecule has 0 aromatic heterocycles. The molecule has 0 spiro atoms. The number of aliphatic hydroxyl groups is 1. The Morgan fingerprint density at radius 1 is 1.56 bits per heavy atom. The van der Waals surface area contributed by atoms with Gasteiger partial charge in [0.25, 0.3) is 0 Å². The number of rotatable bonds is 7. The van der Waals surface area contributed by atoms with Crippen LogP contribution >= 0.6 is 7.82 Å². The van der Waals surface area contributed by atoms with Crippen LogP contribution in [0.4, 0.5) is 0 Å². The summed E-state index contributed by atoms with van der Waals surface area (Å²) >= 11 is 0. The Bertz CT molecular complexity index is 300. The molecule has 1 fully saturated rings. The van der Waals surface area contributed by atoms with Crippen LogP contribution in [0.3, 0.4) is 0 Å². The second-order valence-electron chi connectivity index (χ2n) is 4.91. The van der Waals surface area contributed by atoms with Gasteiger partial charge in [-0.05, 0) is 18.8 Å². The molecular formula is C10H22BO6P. The number of phosphoric ester groups is 1. The lowest BCUT2D eigenvalue weighted by Gasteiger charge is -2.24. The molecule has 6 nitrogen and oxygen atoms in total. The first-order chi connectivity index (χ1) is 8.35. The summed E-state index contributed by atoms with van der Waals surface area (Å²) in [5, 5.41) is 8.58. The van der Waals surface area contributed by atoms with Gasteiger partial charge in [-0.1, -0.05) is 13.8 Å². The normalized spacial score (nSPS) is 31.7. The van der Waals surface area contributed by atoms with Gasteiger partial charge in [0, 0.05) is 12.6 Å². The van der Waals surface area contributed by atoms with Gasteiger partial charge in [0.05, 0.1) is 18.8 Å². The highest BCUT2D eigenvalue weighted by Crippen LogP contribution is 2.47. The van der Waals surface area contributed by atoms with Gasteiger partial charge in [-0.2, -0.15) is 0 Å². The van der Waals surface area contributed by atoms with E-state index in [9.17, 15) is 9.46 Å². The molecule has 0 saturated carbocycles. The molecule has 0 radical (unpaired) electrons. The lowest BCUT2D eigenvalue weighted by Crippen LogP contribution is -2.28. The summed E-state index contributed by atoms with van der Waals surface area (Å²) in [6.45, 7) is 3.87. The smallest absolute Gasteiger partial charge is 0.396 e. The first-order valence-electron chi connectivity index (χ1n) is 6.27. The van der Waals surface area contributed by atoms with E-state index in [2.05, 4.69) is 0 Å². The molecule has 1 heterocycles. The van der Waals surface area contributed by atoms with E-state index in [4.69, 9.17) is 18.9 Å². The Hall–Kier alpha value is 0.0949. The van der Waals surface area contributed by atoms with Crippen molar-refractivity contribution in [1.29, 1.82) is 0 Å². The molecule has 1 aliphatic heterocycles. The van der Waals surface area contributed by atoms with Crippen molar-refractivity contribution in [2.75, 3.05) is 13.2 Å². The molecule has 1 saturated heterocycles. The number of ether oxygens (including phenoxy) is 1. The van der Waals surface area contributed by atoms with Crippen molar-refractivity contribution in [3.63, 3.8) is 0 Å². The molecule has 0 aromatic carbocycles. The van der Waals surface area contributed by atoms with Crippen molar-refractivity contribution in [2.24, 2.45) is 5.92 Å². The number of aliphatic hydroxyl groups excluding tert-OH is 1. The molecule has 0 bridgehead atoms. The zero-order valence-corrected chi connectivity index (χ0v) is 12.0. The maximum atomic E-state index is 11.7. The quantitative estimate of drug-likeness (QED) is 0.395. The van der Waals surface area contributed by atoms with Crippen LogP contribution in [-0.4, -0.2) is 49.3 Å². The fourth-order valence-corrected chi connectivity index (χ4v) is 2.98. The van der Waals surface area contributed by atoms with E-state index in [1.807, 2.05) is 21.7 Å². The number of hydrogen-bond donors (Lipinski definition) is 2. The maximum absolute atomic E-state index is 11.7. The number of hydrogen-bond acceptors (Lipinski definition) is 5. The minimum Gasteiger partial charge on any atom is -0.396 e. The molecule has 0 amide bonds. The van der Waals surface area contributed by atoms with Crippen molar-refractivity contribution in [3.8, 4) is 0 Å². The Kier molecular flexibility index (Phi) is 6.31. The largest absolute Gasteiger partial charge is 0.472 e. The minimum atomic E-state index is -4.07. The Labute approximate surface area is 109 Å². The predicted molar refractivity (Wildman–Crippen MR) is 69.0 cm³/mol. The molecule has 8 heteroatoms. The van der Waals surface area contributed by atoms with Gasteiger partial charge in [-0.3, -0.25) is 9.05 Å². The average molecular weight is 280 g/mol. The summed E-state index contributed by atoms with van der Waals surface area (Å²) in [6.07, 6.45) is 0.266. The van der Waals surface area contributed by atoms with Crippen LogP contribution < -0.4 is 0 Å². The number of phosphoric acid groups is 1. The third-order valence-electron chi connectivity index (χ3n) is 2.80. The molecule has 4 unspecified atom stereocenters. The van der Waals surface area contributed by atoms with Crippen LogP contribution in [0.5, 0.6) is 0 Å². The van der Waals surface area contributed by atoms with Gasteiger partial charge >= 0.3 is 7.82 Å². The fourth-order valence-electron chi connectivity index (χ4n) is 2.01. The second-order valence-corrected chi connectivity index (χ2v) is 6.32. The van der Waals surface area contributed by atoms with Crippen molar-refractivity contribution < 1.29 is 28.3 Å². The highest BCUT2D eigenvalue weighted by Gasteiger charge is 2.40. The summed E-state index contributed by atoms with van der Waals surface area (Å²) in [7, 11) is -2.16. The summed E-state index contributed by atoms with van der Waals surface area (Å²) in [6, 6.07) is 0.0137. The van der Waals surface area contributed by atoms with Gasteiger partial charge in [0.1, 0.15) is 7.85 Å². The molecule has 0 aliphatic carbocycles. The zero-order chi connectivity index (χ0) is 13.8. The van der Waals surface area contributed by atoms with Crippen molar-refractivity contribution in [2.45, 2.75) is 44.9 Å². The van der Waals surface area contributed by atoms with Gasteiger partial charge < -0.3 is 14.7 Å². The molecule has 4 atom stereocenters. The van der Waals surface area contributed by atoms with Gasteiger partial charge in [0.15, 0.2) is 0 Å². The third kappa shape index (κ3) is 5.00. The second kappa shape index (κ2) is 7.03. The van der Waals surface area contributed by atoms with Crippen LogP contribution in [0.15, 0.2) is 0 Å². The van der Waals surface area contributed by atoms with Crippen LogP contribution in [0.25, 0.3) is 0 Å². The molecule has 1 aliphatic rings. The van der Waals surface area contributed by atoms with E-state index in [0.29, 0.717) is 12.8 Å². The van der Waals surface area contributed by atoms with Crippen molar-refractivity contribution in [1.82, 2.24) is 0 Å². The molecule has 18 heavy (non-hydrogen) atoms. The average Bonchev–Trinajstić information content (AvgIpc) is 2.58. The van der Waals surface area contributed by atoms with Crippen LogP contribution in [0.1, 0.15) is 26.7 Å². The van der Waals surface area contributed by atoms with Crippen LogP contribution in [-0.2, 0) is 18.3 Å². The van der Waals surface area contributed by atoms with E-state index < -0.39 is 13.9 Å². The van der Waals surface area contributed by atoms with Crippen LogP contribution in [0.2, 0.25) is 0 Å². The third-order valence-corrected chi connectivity index (χ3v) is 3.85.